The lowest BCUT2D eigenvalue weighted by molar-refractivity contribution is 0.0272. The third-order valence-electron chi connectivity index (χ3n) is 3.78. The molecule has 0 saturated carbocycles. The van der Waals surface area contributed by atoms with Crippen molar-refractivity contribution in [3.8, 4) is 0 Å². The van der Waals surface area contributed by atoms with Gasteiger partial charge in [0.15, 0.2) is 0 Å². The fraction of sp³-hybridized carbons (Fsp3) is 0.571. The van der Waals surface area contributed by atoms with Crippen molar-refractivity contribution in [1.82, 2.24) is 0 Å². The standard InChI is InChI=1S/C14H20O2/c1-11-4-3-5-13(8-11)9-14(10-15)6-7-16-12(14)2/h3-5,8,12,15H,6-7,9-10H2,1-2H3. The van der Waals surface area contributed by atoms with Gasteiger partial charge >= 0.3 is 0 Å². The number of aryl methyl sites for hydroxylation is 1. The topological polar surface area (TPSA) is 29.5 Å². The maximum Gasteiger partial charge on any atom is 0.0629 e. The summed E-state index contributed by atoms with van der Waals surface area (Å²) in [6.45, 7) is 5.15. The molecule has 1 saturated heterocycles. The molecule has 1 fully saturated rings. The van der Waals surface area contributed by atoms with Gasteiger partial charge in [0.1, 0.15) is 0 Å². The molecule has 88 valence electrons. The highest BCUT2D eigenvalue weighted by Crippen LogP contribution is 2.37. The van der Waals surface area contributed by atoms with Gasteiger partial charge in [0.25, 0.3) is 0 Å². The van der Waals surface area contributed by atoms with Crippen molar-refractivity contribution in [3.05, 3.63) is 35.4 Å². The Bertz CT molecular complexity index is 362. The quantitative estimate of drug-likeness (QED) is 0.847. The number of aliphatic hydroxyl groups is 1. The fourth-order valence-corrected chi connectivity index (χ4v) is 2.54. The molecule has 0 aliphatic carbocycles. The minimum Gasteiger partial charge on any atom is -0.396 e. The van der Waals surface area contributed by atoms with Gasteiger partial charge in [-0.25, -0.2) is 0 Å². The molecule has 2 rings (SSSR count). The van der Waals surface area contributed by atoms with Crippen molar-refractivity contribution in [3.63, 3.8) is 0 Å². The lowest BCUT2D eigenvalue weighted by atomic mass is 9.77. The first-order valence-corrected chi connectivity index (χ1v) is 5.94. The molecule has 0 spiro atoms. The molecule has 0 radical (unpaired) electrons. The smallest absolute Gasteiger partial charge is 0.0629 e. The van der Waals surface area contributed by atoms with E-state index in [1.165, 1.54) is 11.1 Å². The van der Waals surface area contributed by atoms with Gasteiger partial charge < -0.3 is 9.84 Å². The minimum atomic E-state index is -0.0756. The Morgan fingerprint density at radius 1 is 1.50 bits per heavy atom. The van der Waals surface area contributed by atoms with Gasteiger partial charge in [-0.15, -0.1) is 0 Å². The molecular weight excluding hydrogens is 200 g/mol. The van der Waals surface area contributed by atoms with Crippen LogP contribution in [-0.2, 0) is 11.2 Å². The Hall–Kier alpha value is -0.860. The zero-order valence-electron chi connectivity index (χ0n) is 10.1. The Balaban J connectivity index is 2.18. The van der Waals surface area contributed by atoms with Gasteiger partial charge in [0.05, 0.1) is 12.7 Å². The van der Waals surface area contributed by atoms with Crippen LogP contribution in [0.4, 0.5) is 0 Å². The lowest BCUT2D eigenvalue weighted by Gasteiger charge is -2.30. The monoisotopic (exact) mass is 220 g/mol. The average molecular weight is 220 g/mol. The molecule has 0 amide bonds. The molecule has 2 unspecified atom stereocenters. The highest BCUT2D eigenvalue weighted by atomic mass is 16.5. The first-order chi connectivity index (χ1) is 7.66. The zero-order valence-corrected chi connectivity index (χ0v) is 10.1. The Morgan fingerprint density at radius 2 is 2.31 bits per heavy atom. The molecule has 16 heavy (non-hydrogen) atoms. The Morgan fingerprint density at radius 3 is 2.88 bits per heavy atom. The molecule has 1 aliphatic heterocycles. The second-order valence-electron chi connectivity index (χ2n) is 4.95. The van der Waals surface area contributed by atoms with Crippen LogP contribution in [0, 0.1) is 12.3 Å². The predicted octanol–water partition coefficient (Wildman–Crippen LogP) is 2.33. The summed E-state index contributed by atoms with van der Waals surface area (Å²) >= 11 is 0. The summed E-state index contributed by atoms with van der Waals surface area (Å²) in [5.41, 5.74) is 2.50. The Kier molecular flexibility index (Phi) is 3.31. The molecular formula is C14H20O2. The fourth-order valence-electron chi connectivity index (χ4n) is 2.54. The van der Waals surface area contributed by atoms with Gasteiger partial charge in [0.2, 0.25) is 0 Å². The van der Waals surface area contributed by atoms with Crippen LogP contribution in [0.2, 0.25) is 0 Å². The van der Waals surface area contributed by atoms with E-state index in [-0.39, 0.29) is 18.1 Å². The van der Waals surface area contributed by atoms with Gasteiger partial charge in [0, 0.05) is 12.0 Å². The molecule has 2 nitrogen and oxygen atoms in total. The van der Waals surface area contributed by atoms with Crippen molar-refractivity contribution in [2.75, 3.05) is 13.2 Å². The van der Waals surface area contributed by atoms with E-state index in [0.29, 0.717) is 0 Å². The molecule has 1 aromatic carbocycles. The van der Waals surface area contributed by atoms with E-state index in [0.717, 1.165) is 19.4 Å². The van der Waals surface area contributed by atoms with Crippen molar-refractivity contribution >= 4 is 0 Å². The number of aliphatic hydroxyl groups excluding tert-OH is 1. The van der Waals surface area contributed by atoms with E-state index >= 15 is 0 Å². The minimum absolute atomic E-state index is 0.0756. The number of rotatable bonds is 3. The molecule has 2 heteroatoms. The zero-order chi connectivity index (χ0) is 11.6. The van der Waals surface area contributed by atoms with E-state index in [1.807, 2.05) is 0 Å². The number of hydrogen-bond donors (Lipinski definition) is 1. The number of hydrogen-bond acceptors (Lipinski definition) is 2. The summed E-state index contributed by atoms with van der Waals surface area (Å²) in [6, 6.07) is 8.51. The van der Waals surface area contributed by atoms with E-state index in [9.17, 15) is 5.11 Å². The summed E-state index contributed by atoms with van der Waals surface area (Å²) in [7, 11) is 0. The maximum absolute atomic E-state index is 9.64. The van der Waals surface area contributed by atoms with Crippen LogP contribution in [0.1, 0.15) is 24.5 Å². The maximum atomic E-state index is 9.64. The number of ether oxygens (including phenoxy) is 1. The van der Waals surface area contributed by atoms with Crippen molar-refractivity contribution in [1.29, 1.82) is 0 Å². The Labute approximate surface area is 97.3 Å². The van der Waals surface area contributed by atoms with Crippen molar-refractivity contribution < 1.29 is 9.84 Å². The average Bonchev–Trinajstić information content (AvgIpc) is 2.61. The first kappa shape index (κ1) is 11.6. The lowest BCUT2D eigenvalue weighted by Crippen LogP contribution is -2.35. The molecule has 1 aromatic rings. The summed E-state index contributed by atoms with van der Waals surface area (Å²) in [5.74, 6) is 0. The van der Waals surface area contributed by atoms with Gasteiger partial charge in [-0.1, -0.05) is 29.8 Å². The van der Waals surface area contributed by atoms with Crippen LogP contribution >= 0.6 is 0 Å². The highest BCUT2D eigenvalue weighted by molar-refractivity contribution is 5.24. The van der Waals surface area contributed by atoms with Crippen LogP contribution in [0.5, 0.6) is 0 Å². The van der Waals surface area contributed by atoms with Gasteiger partial charge in [-0.3, -0.25) is 0 Å². The van der Waals surface area contributed by atoms with Crippen LogP contribution in [0.25, 0.3) is 0 Å². The molecule has 2 atom stereocenters. The summed E-state index contributed by atoms with van der Waals surface area (Å²) < 4.78 is 5.60. The highest BCUT2D eigenvalue weighted by Gasteiger charge is 2.40. The number of benzene rings is 1. The van der Waals surface area contributed by atoms with E-state index in [4.69, 9.17) is 4.74 Å². The van der Waals surface area contributed by atoms with Crippen molar-refractivity contribution in [2.45, 2.75) is 32.8 Å². The molecule has 1 N–H and O–H groups in total. The van der Waals surface area contributed by atoms with Crippen LogP contribution < -0.4 is 0 Å². The predicted molar refractivity (Wildman–Crippen MR) is 64.4 cm³/mol. The molecule has 0 aromatic heterocycles. The molecule has 0 bridgehead atoms. The third-order valence-corrected chi connectivity index (χ3v) is 3.78. The second kappa shape index (κ2) is 4.56. The van der Waals surface area contributed by atoms with Crippen LogP contribution in [0.15, 0.2) is 24.3 Å². The van der Waals surface area contributed by atoms with Crippen LogP contribution in [0.3, 0.4) is 0 Å². The van der Waals surface area contributed by atoms with Crippen LogP contribution in [-0.4, -0.2) is 24.4 Å². The van der Waals surface area contributed by atoms with Gasteiger partial charge in [-0.2, -0.15) is 0 Å². The van der Waals surface area contributed by atoms with E-state index in [2.05, 4.69) is 38.1 Å². The van der Waals surface area contributed by atoms with Gasteiger partial charge in [-0.05, 0) is 32.3 Å². The van der Waals surface area contributed by atoms with E-state index in [1.54, 1.807) is 0 Å². The third kappa shape index (κ3) is 2.13. The molecule has 1 aliphatic rings. The molecule has 1 heterocycles. The first-order valence-electron chi connectivity index (χ1n) is 5.94. The summed E-state index contributed by atoms with van der Waals surface area (Å²) in [4.78, 5) is 0. The normalized spacial score (nSPS) is 29.6. The van der Waals surface area contributed by atoms with E-state index < -0.39 is 0 Å². The second-order valence-corrected chi connectivity index (χ2v) is 4.95. The summed E-state index contributed by atoms with van der Waals surface area (Å²) in [6.07, 6.45) is 2.02. The summed E-state index contributed by atoms with van der Waals surface area (Å²) in [5, 5.41) is 9.64. The SMILES string of the molecule is Cc1cccc(CC2(CO)CCOC2C)c1. The largest absolute Gasteiger partial charge is 0.396 e. The van der Waals surface area contributed by atoms with Crippen molar-refractivity contribution in [2.24, 2.45) is 5.41 Å².